The second-order valence-electron chi connectivity index (χ2n) is 6.66. The molecule has 0 aromatic rings. The van der Waals surface area contributed by atoms with Crippen LogP contribution in [0.25, 0.3) is 0 Å². The molecule has 2 N–H and O–H groups in total. The predicted octanol–water partition coefficient (Wildman–Crippen LogP) is 3.73. The van der Waals surface area contributed by atoms with Gasteiger partial charge in [0.1, 0.15) is 0 Å². The van der Waals surface area contributed by atoms with E-state index in [0.29, 0.717) is 13.0 Å². The molecule has 0 rings (SSSR count). The summed E-state index contributed by atoms with van der Waals surface area (Å²) in [5.74, 6) is 0.207. The molecule has 4 nitrogen and oxygen atoms in total. The first-order valence-electron chi connectivity index (χ1n) is 9.76. The molecule has 0 heterocycles. The van der Waals surface area contributed by atoms with E-state index < -0.39 is 0 Å². The van der Waals surface area contributed by atoms with Gasteiger partial charge in [-0.2, -0.15) is 0 Å². The van der Waals surface area contributed by atoms with Gasteiger partial charge in [0.25, 0.3) is 0 Å². The van der Waals surface area contributed by atoms with Crippen molar-refractivity contribution in [1.82, 2.24) is 10.2 Å². The van der Waals surface area contributed by atoms with Crippen LogP contribution in [-0.2, 0) is 4.79 Å². The third-order valence-electron chi connectivity index (χ3n) is 4.27. The van der Waals surface area contributed by atoms with Gasteiger partial charge in [0.15, 0.2) is 0 Å². The third-order valence-corrected chi connectivity index (χ3v) is 4.27. The van der Waals surface area contributed by atoms with Crippen molar-refractivity contribution in [2.75, 3.05) is 33.3 Å². The summed E-state index contributed by atoms with van der Waals surface area (Å²) in [6.45, 7) is 5.34. The lowest BCUT2D eigenvalue weighted by Gasteiger charge is -2.16. The van der Waals surface area contributed by atoms with Gasteiger partial charge >= 0.3 is 0 Å². The number of likely N-dealkylation sites (N-methyl/N-ethyl adjacent to an activating group) is 1. The van der Waals surface area contributed by atoms with Gasteiger partial charge in [0.05, 0.1) is 0 Å². The maximum absolute atomic E-state index is 11.7. The van der Waals surface area contributed by atoms with Crippen molar-refractivity contribution in [2.45, 2.75) is 84.0 Å². The van der Waals surface area contributed by atoms with Gasteiger partial charge in [-0.25, -0.2) is 0 Å². The summed E-state index contributed by atoms with van der Waals surface area (Å²) < 4.78 is 0. The molecule has 0 radical (unpaired) electrons. The Hall–Kier alpha value is -0.610. The van der Waals surface area contributed by atoms with E-state index in [4.69, 9.17) is 5.11 Å². The zero-order valence-corrected chi connectivity index (χ0v) is 15.6. The average Bonchev–Trinajstić information content (AvgIpc) is 2.54. The molecule has 0 bridgehead atoms. The van der Waals surface area contributed by atoms with Crippen LogP contribution in [-0.4, -0.2) is 49.2 Å². The van der Waals surface area contributed by atoms with Gasteiger partial charge < -0.3 is 15.3 Å². The molecule has 0 saturated heterocycles. The second kappa shape index (κ2) is 17.7. The van der Waals surface area contributed by atoms with E-state index in [2.05, 4.69) is 24.2 Å². The predicted molar refractivity (Wildman–Crippen MR) is 98.7 cm³/mol. The second-order valence-corrected chi connectivity index (χ2v) is 6.66. The van der Waals surface area contributed by atoms with Crippen LogP contribution < -0.4 is 5.32 Å². The molecular formula is C19H40N2O2. The molecule has 1 amide bonds. The summed E-state index contributed by atoms with van der Waals surface area (Å²) in [5, 5.41) is 11.7. The standard InChI is InChI=1S/C19H40N2O2/c1-3-4-5-8-11-14-19(23)20-15-17-21(2)16-12-9-6-7-10-13-18-22/h22H,3-18H2,1-2H3,(H,20,23). The first-order chi connectivity index (χ1) is 11.2. The Bertz CT molecular complexity index is 260. The SMILES string of the molecule is CCCCCCCC(=O)NCCN(C)CCCCCCCCO. The molecule has 0 aliphatic carbocycles. The Morgan fingerprint density at radius 3 is 2.17 bits per heavy atom. The minimum atomic E-state index is 0.207. The number of aliphatic hydroxyl groups excluding tert-OH is 1. The smallest absolute Gasteiger partial charge is 0.220 e. The molecule has 0 unspecified atom stereocenters. The molecule has 23 heavy (non-hydrogen) atoms. The summed E-state index contributed by atoms with van der Waals surface area (Å²) in [5.41, 5.74) is 0. The van der Waals surface area contributed by atoms with Gasteiger partial charge in [0, 0.05) is 26.1 Å². The van der Waals surface area contributed by atoms with Crippen LogP contribution in [0.3, 0.4) is 0 Å². The Morgan fingerprint density at radius 1 is 0.870 bits per heavy atom. The normalized spacial score (nSPS) is 11.1. The lowest BCUT2D eigenvalue weighted by molar-refractivity contribution is -0.121. The minimum Gasteiger partial charge on any atom is -0.396 e. The largest absolute Gasteiger partial charge is 0.396 e. The molecule has 0 aliphatic rings. The van der Waals surface area contributed by atoms with E-state index in [9.17, 15) is 4.79 Å². The lowest BCUT2D eigenvalue weighted by atomic mass is 10.1. The zero-order valence-electron chi connectivity index (χ0n) is 15.6. The number of amides is 1. The summed E-state index contributed by atoms with van der Waals surface area (Å²) in [6, 6.07) is 0. The van der Waals surface area contributed by atoms with Gasteiger partial charge in [-0.3, -0.25) is 4.79 Å². The van der Waals surface area contributed by atoms with Crippen LogP contribution in [0.5, 0.6) is 0 Å². The monoisotopic (exact) mass is 328 g/mol. The number of nitrogens with zero attached hydrogens (tertiary/aromatic N) is 1. The van der Waals surface area contributed by atoms with E-state index in [0.717, 1.165) is 38.9 Å². The highest BCUT2D eigenvalue weighted by atomic mass is 16.2. The van der Waals surface area contributed by atoms with Crippen molar-refractivity contribution >= 4 is 5.91 Å². The number of rotatable bonds is 17. The van der Waals surface area contributed by atoms with Crippen molar-refractivity contribution in [3.63, 3.8) is 0 Å². The van der Waals surface area contributed by atoms with Crippen LogP contribution >= 0.6 is 0 Å². The van der Waals surface area contributed by atoms with Crippen LogP contribution in [0.15, 0.2) is 0 Å². The quantitative estimate of drug-likeness (QED) is 0.400. The number of carbonyl (C=O) groups excluding carboxylic acids is 1. The molecule has 0 fully saturated rings. The van der Waals surface area contributed by atoms with Crippen LogP contribution in [0.4, 0.5) is 0 Å². The van der Waals surface area contributed by atoms with Crippen LogP contribution in [0.1, 0.15) is 84.0 Å². The molecule has 0 atom stereocenters. The summed E-state index contributed by atoms with van der Waals surface area (Å²) >= 11 is 0. The molecule has 0 aromatic heterocycles. The fourth-order valence-electron chi connectivity index (χ4n) is 2.68. The van der Waals surface area contributed by atoms with Gasteiger partial charge in [-0.15, -0.1) is 0 Å². The number of hydrogen-bond acceptors (Lipinski definition) is 3. The molecular weight excluding hydrogens is 288 g/mol. The van der Waals surface area contributed by atoms with Gasteiger partial charge in [0.2, 0.25) is 5.91 Å². The van der Waals surface area contributed by atoms with Crippen molar-refractivity contribution in [3.8, 4) is 0 Å². The Balaban J connectivity index is 3.31. The minimum absolute atomic E-state index is 0.207. The zero-order chi connectivity index (χ0) is 17.2. The van der Waals surface area contributed by atoms with Gasteiger partial charge in [-0.05, 0) is 32.9 Å². The highest BCUT2D eigenvalue weighted by Crippen LogP contribution is 2.06. The number of unbranched alkanes of at least 4 members (excludes halogenated alkanes) is 9. The van der Waals surface area contributed by atoms with Crippen molar-refractivity contribution in [2.24, 2.45) is 0 Å². The number of carbonyl (C=O) groups is 1. The molecule has 138 valence electrons. The maximum atomic E-state index is 11.7. The summed E-state index contributed by atoms with van der Waals surface area (Å²) in [6.07, 6.45) is 13.8. The fraction of sp³-hybridized carbons (Fsp3) is 0.947. The van der Waals surface area contributed by atoms with E-state index in [-0.39, 0.29) is 5.91 Å². The van der Waals surface area contributed by atoms with E-state index in [1.807, 2.05) is 0 Å². The number of aliphatic hydroxyl groups is 1. The molecule has 0 aliphatic heterocycles. The first kappa shape index (κ1) is 22.4. The Morgan fingerprint density at radius 2 is 1.48 bits per heavy atom. The van der Waals surface area contributed by atoms with Crippen molar-refractivity contribution in [1.29, 1.82) is 0 Å². The Labute approximate surface area is 144 Å². The van der Waals surface area contributed by atoms with Crippen molar-refractivity contribution in [3.05, 3.63) is 0 Å². The highest BCUT2D eigenvalue weighted by molar-refractivity contribution is 5.75. The fourth-order valence-corrected chi connectivity index (χ4v) is 2.68. The average molecular weight is 329 g/mol. The Kier molecular flexibility index (Phi) is 17.3. The lowest BCUT2D eigenvalue weighted by Crippen LogP contribution is -2.33. The van der Waals surface area contributed by atoms with Gasteiger partial charge in [-0.1, -0.05) is 58.3 Å². The van der Waals surface area contributed by atoms with Crippen LogP contribution in [0, 0.1) is 0 Å². The number of nitrogens with one attached hydrogen (secondary N) is 1. The first-order valence-corrected chi connectivity index (χ1v) is 9.76. The van der Waals surface area contributed by atoms with E-state index in [1.54, 1.807) is 0 Å². The summed E-state index contributed by atoms with van der Waals surface area (Å²) in [4.78, 5) is 14.0. The maximum Gasteiger partial charge on any atom is 0.220 e. The molecule has 4 heteroatoms. The summed E-state index contributed by atoms with van der Waals surface area (Å²) in [7, 11) is 2.13. The molecule has 0 saturated carbocycles. The topological polar surface area (TPSA) is 52.6 Å². The highest BCUT2D eigenvalue weighted by Gasteiger charge is 2.02. The molecule has 0 aromatic carbocycles. The van der Waals surface area contributed by atoms with E-state index >= 15 is 0 Å². The van der Waals surface area contributed by atoms with Crippen LogP contribution in [0.2, 0.25) is 0 Å². The number of hydrogen-bond donors (Lipinski definition) is 2. The molecule has 0 spiro atoms. The third kappa shape index (κ3) is 17.6. The van der Waals surface area contributed by atoms with E-state index in [1.165, 1.54) is 51.4 Å². The van der Waals surface area contributed by atoms with Crippen molar-refractivity contribution < 1.29 is 9.90 Å².